The molecule has 1 heterocycles. The molecule has 1 aliphatic rings. The Hall–Kier alpha value is -1.03. The maximum atomic E-state index is 11.5. The Morgan fingerprint density at radius 3 is 2.58 bits per heavy atom. The summed E-state index contributed by atoms with van der Waals surface area (Å²) < 4.78 is 0. The van der Waals surface area contributed by atoms with Gasteiger partial charge in [-0.1, -0.05) is 19.3 Å². The van der Waals surface area contributed by atoms with Crippen molar-refractivity contribution in [3.8, 4) is 0 Å². The van der Waals surface area contributed by atoms with Crippen molar-refractivity contribution in [2.24, 2.45) is 0 Å². The Labute approximate surface area is 118 Å². The molecule has 0 spiro atoms. The molecule has 0 bridgehead atoms. The van der Waals surface area contributed by atoms with E-state index in [9.17, 15) is 9.90 Å². The average molecular weight is 282 g/mol. The molecule has 19 heavy (non-hydrogen) atoms. The van der Waals surface area contributed by atoms with E-state index in [2.05, 4.69) is 18.4 Å². The lowest BCUT2D eigenvalue weighted by Gasteiger charge is -2.23. The van der Waals surface area contributed by atoms with Gasteiger partial charge in [0.25, 0.3) is 5.00 Å². The summed E-state index contributed by atoms with van der Waals surface area (Å²) in [7, 11) is -0.0102. The summed E-state index contributed by atoms with van der Waals surface area (Å²) in [6.45, 7) is 4.62. The Morgan fingerprint density at radius 2 is 2.05 bits per heavy atom. The van der Waals surface area contributed by atoms with Crippen molar-refractivity contribution in [2.45, 2.75) is 57.6 Å². The van der Waals surface area contributed by atoms with Crippen LogP contribution in [0, 0.1) is 0 Å². The fraction of sp³-hybridized carbons (Fsp3) is 0.667. The molecule has 0 radical (unpaired) electrons. The van der Waals surface area contributed by atoms with Crippen LogP contribution in [0.15, 0.2) is 11.4 Å². The van der Waals surface area contributed by atoms with E-state index in [0.717, 1.165) is 10.8 Å². The van der Waals surface area contributed by atoms with E-state index in [1.54, 1.807) is 4.90 Å². The number of nitrogens with zero attached hydrogens (tertiary/aromatic N) is 1. The van der Waals surface area contributed by atoms with Crippen LogP contribution in [0.5, 0.6) is 0 Å². The fourth-order valence-corrected chi connectivity index (χ4v) is 5.00. The van der Waals surface area contributed by atoms with Gasteiger partial charge in [-0.25, -0.2) is 9.69 Å². The molecule has 1 saturated carbocycles. The van der Waals surface area contributed by atoms with Gasteiger partial charge in [0.15, 0.2) is 0 Å². The average Bonchev–Trinajstić information content (AvgIpc) is 2.84. The van der Waals surface area contributed by atoms with Crippen LogP contribution in [-0.4, -0.2) is 17.7 Å². The first-order chi connectivity index (χ1) is 9.19. The van der Waals surface area contributed by atoms with Crippen LogP contribution in [0.25, 0.3) is 0 Å². The smallest absolute Gasteiger partial charge is 0.415 e. The third kappa shape index (κ3) is 2.94. The maximum absolute atomic E-state index is 11.5. The van der Waals surface area contributed by atoms with Crippen LogP contribution in [0.4, 0.5) is 9.80 Å². The molecular weight excluding hydrogens is 258 g/mol. The molecule has 1 fully saturated rings. The van der Waals surface area contributed by atoms with Gasteiger partial charge in [0.2, 0.25) is 0 Å². The van der Waals surface area contributed by atoms with Crippen molar-refractivity contribution in [3.05, 3.63) is 17.0 Å². The van der Waals surface area contributed by atoms with Crippen molar-refractivity contribution in [3.63, 3.8) is 0 Å². The minimum atomic E-state index is -0.805. The van der Waals surface area contributed by atoms with Crippen LogP contribution in [0.3, 0.4) is 0 Å². The first-order valence-corrected chi connectivity index (χ1v) is 8.77. The highest BCUT2D eigenvalue weighted by Gasteiger charge is 2.32. The highest BCUT2D eigenvalue weighted by Crippen LogP contribution is 2.46. The highest BCUT2D eigenvalue weighted by molar-refractivity contribution is 7.33. The summed E-state index contributed by atoms with van der Waals surface area (Å²) in [5, 5.41) is 12.7. The number of carboxylic acid groups (broad SMARTS) is 1. The molecule has 2 rings (SSSR count). The van der Waals surface area contributed by atoms with Gasteiger partial charge in [0.1, 0.15) is 11.1 Å². The lowest BCUT2D eigenvalue weighted by Crippen LogP contribution is -2.29. The minimum Gasteiger partial charge on any atom is -0.465 e. The Kier molecular flexibility index (Phi) is 4.86. The predicted molar refractivity (Wildman–Crippen MR) is 81.5 cm³/mol. The van der Waals surface area contributed by atoms with E-state index in [-0.39, 0.29) is 10.5 Å². The summed E-state index contributed by atoms with van der Waals surface area (Å²) in [5.41, 5.74) is 1.31. The third-order valence-corrected chi connectivity index (χ3v) is 6.09. The lowest BCUT2D eigenvalue weighted by atomic mass is 9.85. The Bertz CT molecular complexity index is 435. The van der Waals surface area contributed by atoms with Crippen LogP contribution >= 0.6 is 10.5 Å². The zero-order valence-corrected chi connectivity index (χ0v) is 12.7. The molecule has 1 aliphatic carbocycles. The number of carbonyl (C=O) groups is 1. The van der Waals surface area contributed by atoms with Crippen molar-refractivity contribution in [1.29, 1.82) is 0 Å². The largest absolute Gasteiger partial charge is 0.465 e. The van der Waals surface area contributed by atoms with Gasteiger partial charge in [0, 0.05) is 28.6 Å². The number of amides is 1. The number of rotatable bonds is 4. The summed E-state index contributed by atoms with van der Waals surface area (Å²) >= 11 is 0. The van der Waals surface area contributed by atoms with Crippen molar-refractivity contribution >= 4 is 21.6 Å². The van der Waals surface area contributed by atoms with Crippen LogP contribution in [0.1, 0.15) is 57.4 Å². The molecule has 4 heteroatoms. The summed E-state index contributed by atoms with van der Waals surface area (Å²) in [5.74, 6) is 1.59. The predicted octanol–water partition coefficient (Wildman–Crippen LogP) is 5.01. The SMILES string of the molecule is CCN(C(=O)O)c1c(C2CCCCC2)cc[s+]1CC. The number of anilines is 1. The lowest BCUT2D eigenvalue weighted by molar-refractivity contribution is 0.202. The topological polar surface area (TPSA) is 40.5 Å². The number of hydrogen-bond acceptors (Lipinski definition) is 1. The van der Waals surface area contributed by atoms with E-state index < -0.39 is 6.09 Å². The first-order valence-electron chi connectivity index (χ1n) is 7.31. The quantitative estimate of drug-likeness (QED) is 0.789. The third-order valence-electron chi connectivity index (χ3n) is 4.06. The second-order valence-corrected chi connectivity index (χ2v) is 7.24. The number of thiophene rings is 1. The van der Waals surface area contributed by atoms with E-state index in [1.807, 2.05) is 6.92 Å². The van der Waals surface area contributed by atoms with Crippen LogP contribution in [0.2, 0.25) is 0 Å². The van der Waals surface area contributed by atoms with Gasteiger partial charge in [-0.15, -0.1) is 0 Å². The first kappa shape index (κ1) is 14.4. The molecule has 1 atom stereocenters. The number of hydrogen-bond donors (Lipinski definition) is 1. The summed E-state index contributed by atoms with van der Waals surface area (Å²) in [6, 6.07) is 2.21. The van der Waals surface area contributed by atoms with E-state index in [1.165, 1.54) is 37.7 Å². The second-order valence-electron chi connectivity index (χ2n) is 5.14. The van der Waals surface area contributed by atoms with Gasteiger partial charge in [-0.2, -0.15) is 0 Å². The molecule has 0 saturated heterocycles. The normalized spacial score (nSPS) is 17.5. The van der Waals surface area contributed by atoms with Gasteiger partial charge in [-0.3, -0.25) is 0 Å². The molecule has 1 unspecified atom stereocenters. The van der Waals surface area contributed by atoms with E-state index in [0.29, 0.717) is 12.5 Å². The zero-order valence-electron chi connectivity index (χ0n) is 11.9. The highest BCUT2D eigenvalue weighted by atomic mass is 32.2. The molecule has 0 aliphatic heterocycles. The van der Waals surface area contributed by atoms with Crippen molar-refractivity contribution < 1.29 is 9.90 Å². The van der Waals surface area contributed by atoms with Crippen LogP contribution < -0.4 is 4.90 Å². The summed E-state index contributed by atoms with van der Waals surface area (Å²) in [6.07, 6.45) is 5.55. The van der Waals surface area contributed by atoms with Crippen LogP contribution in [-0.2, 0) is 5.75 Å². The molecule has 1 N–H and O–H groups in total. The monoisotopic (exact) mass is 282 g/mol. The van der Waals surface area contributed by atoms with Gasteiger partial charge >= 0.3 is 6.09 Å². The van der Waals surface area contributed by atoms with Gasteiger partial charge in [-0.05, 0) is 32.6 Å². The maximum Gasteiger partial charge on any atom is 0.415 e. The Morgan fingerprint density at radius 1 is 1.37 bits per heavy atom. The molecule has 1 amide bonds. The molecule has 1 aromatic heterocycles. The molecule has 106 valence electrons. The van der Waals surface area contributed by atoms with E-state index in [4.69, 9.17) is 0 Å². The van der Waals surface area contributed by atoms with Crippen molar-refractivity contribution in [2.75, 3.05) is 11.4 Å². The Balaban J connectivity index is 2.37. The molecule has 3 nitrogen and oxygen atoms in total. The molecular formula is C15H24NO2S+. The summed E-state index contributed by atoms with van der Waals surface area (Å²) in [4.78, 5) is 13.0. The second kappa shape index (κ2) is 6.42. The molecule has 1 aromatic rings. The number of aryl methyl sites for hydroxylation is 1. The van der Waals surface area contributed by atoms with Gasteiger partial charge < -0.3 is 5.11 Å². The minimum absolute atomic E-state index is 0.0102. The molecule has 0 aromatic carbocycles. The van der Waals surface area contributed by atoms with E-state index >= 15 is 0 Å². The van der Waals surface area contributed by atoms with Gasteiger partial charge in [0.05, 0.1) is 0 Å². The zero-order chi connectivity index (χ0) is 13.8. The standard InChI is InChI=1S/C15H23NO2S/c1-3-16(15(17)18)14-13(10-11-19(14)4-2)12-8-6-5-7-9-12/h10-12H,3-9H2,1-2H3/p+1. The fourth-order valence-electron chi connectivity index (χ4n) is 3.06. The van der Waals surface area contributed by atoms with Crippen molar-refractivity contribution in [1.82, 2.24) is 0 Å².